The molecule has 0 aromatic rings. The minimum absolute atomic E-state index is 0.0585. The fourth-order valence-electron chi connectivity index (χ4n) is 10.2. The molecule has 1 spiro atoms. The number of nitrogens with zero attached hydrogens (tertiary/aromatic N) is 1. The zero-order chi connectivity index (χ0) is 22.4. The van der Waals surface area contributed by atoms with Crippen molar-refractivity contribution in [1.82, 2.24) is 4.90 Å². The fourth-order valence-corrected chi connectivity index (χ4v) is 10.2. The number of fused-ring (bicyclic) bond motifs is 6. The highest BCUT2D eigenvalue weighted by atomic mass is 16.5. The number of ketones is 1. The first-order valence-electron chi connectivity index (χ1n) is 13.8. The third kappa shape index (κ3) is 3.02. The van der Waals surface area contributed by atoms with Gasteiger partial charge >= 0.3 is 0 Å². The molecule has 0 N–H and O–H groups in total. The second kappa shape index (κ2) is 7.41. The van der Waals surface area contributed by atoms with Crippen LogP contribution in [-0.2, 0) is 9.53 Å². The van der Waals surface area contributed by atoms with Crippen LogP contribution in [0.3, 0.4) is 0 Å². The van der Waals surface area contributed by atoms with Gasteiger partial charge < -0.3 is 9.64 Å². The molecule has 32 heavy (non-hydrogen) atoms. The van der Waals surface area contributed by atoms with Crippen molar-refractivity contribution in [2.45, 2.75) is 110 Å². The number of piperidine rings is 1. The van der Waals surface area contributed by atoms with Crippen molar-refractivity contribution >= 4 is 5.78 Å². The Morgan fingerprint density at radius 2 is 1.91 bits per heavy atom. The molecule has 2 aliphatic heterocycles. The van der Waals surface area contributed by atoms with Gasteiger partial charge in [-0.2, -0.15) is 0 Å². The Kier molecular flexibility index (Phi) is 5.06. The zero-order valence-electron chi connectivity index (χ0n) is 21.2. The van der Waals surface area contributed by atoms with Gasteiger partial charge in [0.2, 0.25) is 0 Å². The predicted octanol–water partition coefficient (Wildman–Crippen LogP) is 6.02. The van der Waals surface area contributed by atoms with E-state index in [1.54, 1.807) is 5.57 Å². The normalized spacial score (nSPS) is 53.6. The number of hydrogen-bond acceptors (Lipinski definition) is 3. The van der Waals surface area contributed by atoms with Crippen LogP contribution < -0.4 is 0 Å². The molecule has 0 aromatic carbocycles. The van der Waals surface area contributed by atoms with Crippen molar-refractivity contribution in [2.24, 2.45) is 40.9 Å². The Hall–Kier alpha value is -0.670. The highest BCUT2D eigenvalue weighted by Crippen LogP contribution is 2.65. The van der Waals surface area contributed by atoms with Crippen LogP contribution in [0.25, 0.3) is 0 Å². The van der Waals surface area contributed by atoms with E-state index in [0.717, 1.165) is 49.4 Å². The van der Waals surface area contributed by atoms with Crippen molar-refractivity contribution in [2.75, 3.05) is 13.6 Å². The maximum Gasteiger partial charge on any atom is 0.133 e. The molecule has 6 rings (SSSR count). The highest BCUT2D eigenvalue weighted by Gasteiger charge is 2.59. The van der Waals surface area contributed by atoms with Gasteiger partial charge in [0.05, 0.1) is 11.7 Å². The van der Waals surface area contributed by atoms with Gasteiger partial charge in [-0.1, -0.05) is 31.9 Å². The maximum atomic E-state index is 12.2. The summed E-state index contributed by atoms with van der Waals surface area (Å²) in [6.07, 6.45) is 12.2. The molecule has 1 unspecified atom stereocenters. The minimum atomic E-state index is 0.0585. The number of likely N-dealkylation sites (N-methyl/N-ethyl adjacent to an activating group) is 1. The summed E-state index contributed by atoms with van der Waals surface area (Å²) in [6.45, 7) is 11.1. The second-order valence-electron chi connectivity index (χ2n) is 13.4. The first-order chi connectivity index (χ1) is 15.2. The number of Topliss-reactive ketones (excluding diaryl/α,β-unsaturated/α-hetero) is 1. The van der Waals surface area contributed by atoms with E-state index >= 15 is 0 Å². The summed E-state index contributed by atoms with van der Waals surface area (Å²) >= 11 is 0. The van der Waals surface area contributed by atoms with Gasteiger partial charge in [0.25, 0.3) is 0 Å². The molecule has 0 aromatic heterocycles. The quantitative estimate of drug-likeness (QED) is 0.432. The van der Waals surface area contributed by atoms with Gasteiger partial charge in [-0.3, -0.25) is 4.79 Å². The number of allylic oxidation sites excluding steroid dienone is 1. The van der Waals surface area contributed by atoms with E-state index in [2.05, 4.69) is 39.6 Å². The highest BCUT2D eigenvalue weighted by molar-refractivity contribution is 5.79. The fraction of sp³-hybridized carbons (Fsp3) is 0.897. The van der Waals surface area contributed by atoms with Crippen molar-refractivity contribution in [3.8, 4) is 0 Å². The van der Waals surface area contributed by atoms with Crippen LogP contribution in [0.4, 0.5) is 0 Å². The van der Waals surface area contributed by atoms with E-state index in [1.807, 2.05) is 5.57 Å². The van der Waals surface area contributed by atoms with Crippen LogP contribution in [0.2, 0.25) is 0 Å². The molecule has 178 valence electrons. The van der Waals surface area contributed by atoms with E-state index in [9.17, 15) is 4.79 Å². The lowest BCUT2D eigenvalue weighted by molar-refractivity contribution is -0.129. The Bertz CT molecular complexity index is 833. The smallest absolute Gasteiger partial charge is 0.133 e. The third-order valence-electron chi connectivity index (χ3n) is 11.8. The molecular weight excluding hydrogens is 394 g/mol. The van der Waals surface area contributed by atoms with Gasteiger partial charge in [-0.15, -0.1) is 0 Å². The first kappa shape index (κ1) is 21.8. The predicted molar refractivity (Wildman–Crippen MR) is 128 cm³/mol. The molecule has 0 amide bonds. The van der Waals surface area contributed by atoms with E-state index in [-0.39, 0.29) is 5.60 Å². The molecule has 10 atom stereocenters. The van der Waals surface area contributed by atoms with Crippen molar-refractivity contribution in [1.29, 1.82) is 0 Å². The molecule has 4 aliphatic carbocycles. The maximum absolute atomic E-state index is 12.2. The molecule has 0 bridgehead atoms. The van der Waals surface area contributed by atoms with Crippen molar-refractivity contribution in [3.05, 3.63) is 11.1 Å². The molecule has 2 saturated heterocycles. The van der Waals surface area contributed by atoms with Gasteiger partial charge in [-0.25, -0.2) is 0 Å². The molecule has 2 heterocycles. The monoisotopic (exact) mass is 439 g/mol. The molecule has 5 fully saturated rings. The van der Waals surface area contributed by atoms with E-state index < -0.39 is 0 Å². The van der Waals surface area contributed by atoms with Crippen LogP contribution in [0.5, 0.6) is 0 Å². The average molecular weight is 440 g/mol. The van der Waals surface area contributed by atoms with E-state index in [4.69, 9.17) is 4.74 Å². The van der Waals surface area contributed by atoms with Gasteiger partial charge in [-0.05, 0) is 100 Å². The summed E-state index contributed by atoms with van der Waals surface area (Å²) in [5, 5.41) is 0. The number of likely N-dealkylation sites (tertiary alicyclic amines) is 1. The largest absolute Gasteiger partial charge is 0.369 e. The summed E-state index contributed by atoms with van der Waals surface area (Å²) in [6, 6.07) is 0.601. The van der Waals surface area contributed by atoms with Gasteiger partial charge in [0.1, 0.15) is 5.78 Å². The van der Waals surface area contributed by atoms with E-state index in [1.165, 1.54) is 45.1 Å². The Morgan fingerprint density at radius 3 is 2.72 bits per heavy atom. The summed E-state index contributed by atoms with van der Waals surface area (Å²) < 4.78 is 7.10. The summed E-state index contributed by atoms with van der Waals surface area (Å²) in [7, 11) is 2.33. The molecule has 3 saturated carbocycles. The summed E-state index contributed by atoms with van der Waals surface area (Å²) in [4.78, 5) is 14.8. The number of ether oxygens (including phenoxy) is 1. The Morgan fingerprint density at radius 1 is 1.09 bits per heavy atom. The van der Waals surface area contributed by atoms with Crippen LogP contribution in [0.15, 0.2) is 11.1 Å². The third-order valence-corrected chi connectivity index (χ3v) is 11.8. The SMILES string of the molecule is CC1=C2C[C@H]3C(CC[C@@H]4CC(=O)CC[C@@]43C)[C@@H]2CC[C@@]2(C1)O[C@@H]1C[C@H](C)CN(C)[C@H]1[C@H]2C. The Balaban J connectivity index is 1.28. The average Bonchev–Trinajstić information content (AvgIpc) is 3.19. The second-order valence-corrected chi connectivity index (χ2v) is 13.4. The number of carbonyl (C=O) groups is 1. The first-order valence-corrected chi connectivity index (χ1v) is 13.8. The van der Waals surface area contributed by atoms with Crippen LogP contribution in [0, 0.1) is 40.9 Å². The lowest BCUT2D eigenvalue weighted by atomic mass is 9.52. The molecular formula is C29H45NO2. The standard InChI is InChI=1S/C29H45NO2/c1-17-12-26-27(30(5)16-17)19(3)29(32-26)11-9-22-23-7-6-20-13-21(31)8-10-28(20,4)25(23)14-24(22)18(2)15-29/h17,19-20,22-23,25-27H,6-16H2,1-5H3/t17-,19+,20+,22-,23?,25-,26+,27-,28-,29-/m0/s1. The number of rotatable bonds is 0. The van der Waals surface area contributed by atoms with Gasteiger partial charge in [0, 0.05) is 31.3 Å². The lowest BCUT2D eigenvalue weighted by Gasteiger charge is -2.52. The molecule has 6 aliphatic rings. The van der Waals surface area contributed by atoms with Gasteiger partial charge in [0.15, 0.2) is 0 Å². The van der Waals surface area contributed by atoms with E-state index in [0.29, 0.717) is 35.2 Å². The number of hydrogen-bond donors (Lipinski definition) is 0. The summed E-state index contributed by atoms with van der Waals surface area (Å²) in [5.41, 5.74) is 3.96. The number of carbonyl (C=O) groups excluding carboxylic acids is 1. The van der Waals surface area contributed by atoms with Crippen molar-refractivity contribution < 1.29 is 9.53 Å². The van der Waals surface area contributed by atoms with Crippen LogP contribution in [-0.4, -0.2) is 42.0 Å². The molecule has 0 radical (unpaired) electrons. The zero-order valence-corrected chi connectivity index (χ0v) is 21.2. The topological polar surface area (TPSA) is 29.5 Å². The van der Waals surface area contributed by atoms with Crippen LogP contribution in [0.1, 0.15) is 91.9 Å². The van der Waals surface area contributed by atoms with Crippen LogP contribution >= 0.6 is 0 Å². The van der Waals surface area contributed by atoms with Crippen molar-refractivity contribution in [3.63, 3.8) is 0 Å². The summed E-state index contributed by atoms with van der Waals surface area (Å²) in [5.74, 6) is 4.99. The molecule has 3 nitrogen and oxygen atoms in total. The Labute approximate surface area is 195 Å². The lowest BCUT2D eigenvalue weighted by Crippen LogP contribution is -2.49. The molecule has 3 heteroatoms. The minimum Gasteiger partial charge on any atom is -0.369 e.